The second kappa shape index (κ2) is 42.0. The molecule has 6 saturated heterocycles. The van der Waals surface area contributed by atoms with Crippen LogP contribution in [0.25, 0.3) is 0 Å². The fourth-order valence-electron chi connectivity index (χ4n) is 9.23. The minimum atomic E-state index is -1.64. The van der Waals surface area contributed by atoms with E-state index in [9.17, 15) is 39.0 Å². The number of aliphatic hydroxyl groups is 2. The first-order chi connectivity index (χ1) is 41.5. The molecule has 2 atom stereocenters. The summed E-state index contributed by atoms with van der Waals surface area (Å²) >= 11 is 0. The maximum Gasteiger partial charge on any atom is 0.336 e. The lowest BCUT2D eigenvalue weighted by molar-refractivity contribution is -0.445. The van der Waals surface area contributed by atoms with Gasteiger partial charge >= 0.3 is 48.0 Å². The Morgan fingerprint density at radius 1 is 0.345 bits per heavy atom. The zero-order valence-corrected chi connectivity index (χ0v) is 54.2. The lowest BCUT2D eigenvalue weighted by Gasteiger charge is -2.43. The summed E-state index contributed by atoms with van der Waals surface area (Å²) in [6.45, 7) is 11.5. The van der Waals surface area contributed by atoms with E-state index in [2.05, 4.69) is 13.8 Å². The number of ether oxygens (including phenoxy) is 17. The molecule has 87 heavy (non-hydrogen) atoms. The van der Waals surface area contributed by atoms with Gasteiger partial charge in [0.15, 0.2) is 12.5 Å². The van der Waals surface area contributed by atoms with Gasteiger partial charge in [-0.1, -0.05) is 13.8 Å². The monoisotopic (exact) mass is 1270 g/mol. The van der Waals surface area contributed by atoms with Crippen molar-refractivity contribution in [3.63, 3.8) is 0 Å². The highest BCUT2D eigenvalue weighted by Gasteiger charge is 2.72. The molecule has 6 fully saturated rings. The normalized spacial score (nSPS) is 20.7. The Morgan fingerprint density at radius 2 is 0.598 bits per heavy atom. The van der Waals surface area contributed by atoms with Crippen molar-refractivity contribution in [2.45, 2.75) is 44.5 Å². The molecule has 0 aliphatic carbocycles. The fourth-order valence-corrected chi connectivity index (χ4v) is 9.23. The van der Waals surface area contributed by atoms with Gasteiger partial charge in [0.25, 0.3) is 0 Å². The van der Waals surface area contributed by atoms with E-state index in [0.29, 0.717) is 40.4 Å². The topological polar surface area (TPSA) is 339 Å². The molecule has 2 unspecified atom stereocenters. The molecule has 6 aliphatic heterocycles. The number of nitrogens with zero attached hydrogens (tertiary/aromatic N) is 12. The standard InChI is InChI=1S/C11H22N2O7.C10H20N2O3.C8H16N2O3.C7H14N2O5.C7H14N2O4.C7H14N2O3/c1-15-7-12-9(14)13(8-16-2)11(19-5,20-6)10(12,17-3)18-4;1-10(2)5-11(7-14-3)9(13)12(6-10)8-15-4;1-12-6-9-4-3-5-10(7-13-2)8(9)11;1-13-3-8-5(10)6(11)9(4-14-2)7(8)12;1-11-3-8-5-13-6-9(4-12-2)7(8)10;1-11-5-8-3-4-9(6-12-2)7(8)10/h7-8H2,1-6H3;5-8H2,1-4H3;3-7H2,1-2H3;5-6,10-11H,3-4H2,1-2H3;3-6H2,1-2H3;3-6H2,1-2H3. The number of aliphatic hydroxyl groups excluding tert-OH is 2. The molecule has 12 amide bonds. The molecule has 37 nitrogen and oxygen atoms in total. The molecular formula is C50H100N12O25. The Kier molecular flexibility index (Phi) is 38.5. The maximum atomic E-state index is 12.5. The average Bonchev–Trinajstić information content (AvgIpc) is 1.57. The van der Waals surface area contributed by atoms with E-state index in [-0.39, 0.29) is 83.4 Å². The van der Waals surface area contributed by atoms with Gasteiger partial charge in [-0.3, -0.25) is 29.4 Å². The summed E-state index contributed by atoms with van der Waals surface area (Å²) in [6, 6.07) is -1.16. The molecule has 0 radical (unpaired) electrons. The van der Waals surface area contributed by atoms with Gasteiger partial charge in [0.2, 0.25) is 0 Å². The van der Waals surface area contributed by atoms with Crippen LogP contribution in [-0.4, -0.2) is 377 Å². The predicted octanol–water partition coefficient (Wildman–Crippen LogP) is -0.531. The van der Waals surface area contributed by atoms with E-state index in [1.807, 2.05) is 0 Å². The van der Waals surface area contributed by atoms with Gasteiger partial charge in [-0.05, 0) is 6.42 Å². The molecule has 37 heteroatoms. The fraction of sp³-hybridized carbons (Fsp3) is 0.880. The Labute approximate surface area is 510 Å². The summed E-state index contributed by atoms with van der Waals surface area (Å²) < 4.78 is 85.5. The molecule has 510 valence electrons. The lowest BCUT2D eigenvalue weighted by Crippen LogP contribution is -2.66. The molecule has 0 aromatic rings. The Balaban J connectivity index is 0.000000526. The van der Waals surface area contributed by atoms with Crippen LogP contribution in [0.2, 0.25) is 0 Å². The third-order valence-corrected chi connectivity index (χ3v) is 12.8. The molecule has 6 heterocycles. The number of hydrogen-bond acceptors (Lipinski definition) is 25. The molecule has 0 aromatic carbocycles. The minimum absolute atomic E-state index is 0.00468. The van der Waals surface area contributed by atoms with Gasteiger partial charge < -0.3 is 110 Å². The molecule has 6 aliphatic rings. The van der Waals surface area contributed by atoms with Crippen LogP contribution in [0.4, 0.5) is 28.8 Å². The van der Waals surface area contributed by atoms with Crippen LogP contribution in [0.1, 0.15) is 20.3 Å². The molecule has 0 saturated carbocycles. The second-order valence-corrected chi connectivity index (χ2v) is 19.8. The van der Waals surface area contributed by atoms with E-state index in [0.717, 1.165) is 55.5 Å². The van der Waals surface area contributed by atoms with E-state index >= 15 is 0 Å². The largest absolute Gasteiger partial charge is 0.369 e. The molecule has 0 aromatic heterocycles. The van der Waals surface area contributed by atoms with Crippen LogP contribution in [0.5, 0.6) is 0 Å². The van der Waals surface area contributed by atoms with Crippen molar-refractivity contribution in [3.8, 4) is 0 Å². The van der Waals surface area contributed by atoms with Gasteiger partial charge in [0.05, 0.1) is 0 Å². The van der Waals surface area contributed by atoms with Gasteiger partial charge in [-0.15, -0.1) is 0 Å². The molecule has 0 bridgehead atoms. The van der Waals surface area contributed by atoms with Crippen LogP contribution in [-0.2, 0) is 80.5 Å². The predicted molar refractivity (Wildman–Crippen MR) is 301 cm³/mol. The zero-order valence-electron chi connectivity index (χ0n) is 54.2. The first kappa shape index (κ1) is 79.9. The number of carbonyl (C=O) groups excluding carboxylic acids is 6. The molecule has 6 rings (SSSR count). The van der Waals surface area contributed by atoms with Crippen LogP contribution in [0, 0.1) is 5.41 Å². The van der Waals surface area contributed by atoms with Crippen molar-refractivity contribution in [1.82, 2.24) is 58.8 Å². The van der Waals surface area contributed by atoms with Gasteiger partial charge in [-0.2, -0.15) is 0 Å². The highest BCUT2D eigenvalue weighted by atomic mass is 16.8. The number of methoxy groups -OCH3 is 16. The van der Waals surface area contributed by atoms with Crippen LogP contribution >= 0.6 is 0 Å². The van der Waals surface area contributed by atoms with Crippen molar-refractivity contribution in [2.75, 3.05) is 247 Å². The quantitative estimate of drug-likeness (QED) is 0.0930. The number of hydrogen-bond donors (Lipinski definition) is 2. The number of carbonyl (C=O) groups is 6. The van der Waals surface area contributed by atoms with Gasteiger partial charge in [0, 0.05) is 158 Å². The molecule has 2 N–H and O–H groups in total. The van der Waals surface area contributed by atoms with Crippen molar-refractivity contribution in [2.24, 2.45) is 5.41 Å². The van der Waals surface area contributed by atoms with E-state index in [4.69, 9.17) is 80.5 Å². The lowest BCUT2D eigenvalue weighted by atomic mass is 9.90. The summed E-state index contributed by atoms with van der Waals surface area (Å²) in [5, 5.41) is 18.9. The summed E-state index contributed by atoms with van der Waals surface area (Å²) in [5.41, 5.74) is 0.0744. The summed E-state index contributed by atoms with van der Waals surface area (Å²) in [5.74, 6) is -3.27. The summed E-state index contributed by atoms with van der Waals surface area (Å²) in [4.78, 5) is 87.7. The molecule has 0 spiro atoms. The average molecular weight is 1270 g/mol. The van der Waals surface area contributed by atoms with Crippen LogP contribution in [0.3, 0.4) is 0 Å². The smallest absolute Gasteiger partial charge is 0.336 e. The van der Waals surface area contributed by atoms with Crippen molar-refractivity contribution in [1.29, 1.82) is 0 Å². The first-order valence-corrected chi connectivity index (χ1v) is 26.9. The third kappa shape index (κ3) is 22.1. The van der Waals surface area contributed by atoms with Crippen LogP contribution in [0.15, 0.2) is 0 Å². The number of amides is 12. The SMILES string of the molecule is COCN1C(=O)N(COC)C(O)C1O.COCN1C(=O)N(COC)C(OC)(OC)C1(OC)OC.COCN1CC(C)(C)CN(COC)C1=O.COCN1CCCN(COC)C1=O.COCN1CCN(COC)C1=O.COCN1COCN(COC)C1=O. The van der Waals surface area contributed by atoms with Crippen molar-refractivity contribution in [3.05, 3.63) is 0 Å². The zero-order chi connectivity index (χ0) is 65.9. The van der Waals surface area contributed by atoms with Crippen molar-refractivity contribution >= 4 is 36.2 Å². The summed E-state index contributed by atoms with van der Waals surface area (Å²) in [6.07, 6.45) is -1.59. The van der Waals surface area contributed by atoms with Gasteiger partial charge in [-0.25, -0.2) is 38.6 Å². The number of rotatable bonds is 28. The third-order valence-electron chi connectivity index (χ3n) is 12.8. The summed E-state index contributed by atoms with van der Waals surface area (Å²) in [7, 11) is 23.8. The van der Waals surface area contributed by atoms with E-state index < -0.39 is 36.3 Å². The highest BCUT2D eigenvalue weighted by molar-refractivity contribution is 5.79. The number of urea groups is 6. The Bertz CT molecular complexity index is 1810. The maximum absolute atomic E-state index is 12.5. The second-order valence-electron chi connectivity index (χ2n) is 19.8. The molecular weight excluding hydrogens is 1170 g/mol. The van der Waals surface area contributed by atoms with Crippen molar-refractivity contribution < 1.29 is 120 Å². The van der Waals surface area contributed by atoms with Gasteiger partial charge in [0.1, 0.15) is 94.2 Å². The van der Waals surface area contributed by atoms with Crippen LogP contribution < -0.4 is 0 Å². The Morgan fingerprint density at radius 3 is 0.885 bits per heavy atom. The van der Waals surface area contributed by atoms with E-state index in [1.54, 1.807) is 72.1 Å². The first-order valence-electron chi connectivity index (χ1n) is 26.9. The Hall–Kier alpha value is -5.14. The minimum Gasteiger partial charge on any atom is -0.369 e. The highest BCUT2D eigenvalue weighted by Crippen LogP contribution is 2.44. The van der Waals surface area contributed by atoms with E-state index in [1.165, 1.54) is 90.7 Å².